The monoisotopic (exact) mass is 244 g/mol. The number of carbonyl (C=O) groups excluding carboxylic acids is 1. The Bertz CT molecular complexity index is 578. The van der Waals surface area contributed by atoms with Crippen LogP contribution in [0.2, 0.25) is 0 Å². The molecule has 0 fully saturated rings. The third-order valence-electron chi connectivity index (χ3n) is 2.73. The van der Waals surface area contributed by atoms with Gasteiger partial charge in [-0.25, -0.2) is 4.98 Å². The first-order valence-electron chi connectivity index (χ1n) is 5.63. The van der Waals surface area contributed by atoms with E-state index in [4.69, 9.17) is 5.73 Å². The van der Waals surface area contributed by atoms with Crippen LogP contribution in [0.25, 0.3) is 0 Å². The minimum Gasteiger partial charge on any atom is -0.399 e. The van der Waals surface area contributed by atoms with Gasteiger partial charge in [0, 0.05) is 24.6 Å². The number of amides is 1. The number of hydrogen-bond acceptors (Lipinski definition) is 3. The maximum absolute atomic E-state index is 12.0. The molecule has 3 N–H and O–H groups in total. The fraction of sp³-hybridized carbons (Fsp3) is 0.231. The molecule has 0 aliphatic carbocycles. The molecule has 0 atom stereocenters. The molecule has 0 unspecified atom stereocenters. The van der Waals surface area contributed by atoms with Crippen LogP contribution in [0.5, 0.6) is 0 Å². The molecule has 0 spiro atoms. The molecule has 2 rings (SSSR count). The molecule has 5 heteroatoms. The Morgan fingerprint density at radius 2 is 1.94 bits per heavy atom. The summed E-state index contributed by atoms with van der Waals surface area (Å²) in [5.41, 5.74) is 9.51. The molecular weight excluding hydrogens is 228 g/mol. The molecule has 1 aromatic heterocycles. The van der Waals surface area contributed by atoms with Gasteiger partial charge in [-0.3, -0.25) is 4.79 Å². The highest BCUT2D eigenvalue weighted by atomic mass is 16.1. The molecule has 2 aromatic rings. The first-order chi connectivity index (χ1) is 8.47. The fourth-order valence-electron chi connectivity index (χ4n) is 1.90. The first-order valence-corrected chi connectivity index (χ1v) is 5.63. The molecule has 1 amide bonds. The number of benzene rings is 1. The van der Waals surface area contributed by atoms with Crippen LogP contribution in [0, 0.1) is 13.8 Å². The number of anilines is 2. The number of nitrogen functional groups attached to an aromatic ring is 1. The maximum atomic E-state index is 12.0. The lowest BCUT2D eigenvalue weighted by Crippen LogP contribution is -2.14. The van der Waals surface area contributed by atoms with E-state index >= 15 is 0 Å². The van der Waals surface area contributed by atoms with Crippen LogP contribution in [0.1, 0.15) is 21.6 Å². The molecular formula is C13H16N4O. The summed E-state index contributed by atoms with van der Waals surface area (Å²) >= 11 is 0. The molecule has 0 saturated heterocycles. The minimum atomic E-state index is -0.216. The molecule has 0 bridgehead atoms. The molecule has 0 radical (unpaired) electrons. The van der Waals surface area contributed by atoms with Crippen molar-refractivity contribution in [1.82, 2.24) is 9.55 Å². The van der Waals surface area contributed by atoms with E-state index in [2.05, 4.69) is 10.3 Å². The van der Waals surface area contributed by atoms with Gasteiger partial charge < -0.3 is 15.6 Å². The van der Waals surface area contributed by atoms with Crippen LogP contribution in [-0.4, -0.2) is 15.5 Å². The second-order valence-corrected chi connectivity index (χ2v) is 4.41. The Labute approximate surface area is 106 Å². The highest BCUT2D eigenvalue weighted by Crippen LogP contribution is 2.23. The molecule has 0 aliphatic heterocycles. The van der Waals surface area contributed by atoms with Crippen LogP contribution >= 0.6 is 0 Å². The minimum absolute atomic E-state index is 0.216. The quantitative estimate of drug-likeness (QED) is 0.792. The number of carbonyl (C=O) groups is 1. The van der Waals surface area contributed by atoms with Gasteiger partial charge in [0.1, 0.15) is 5.69 Å². The average Bonchev–Trinajstić information content (AvgIpc) is 2.70. The van der Waals surface area contributed by atoms with Crippen molar-refractivity contribution in [3.63, 3.8) is 0 Å². The van der Waals surface area contributed by atoms with Gasteiger partial charge >= 0.3 is 0 Å². The molecule has 18 heavy (non-hydrogen) atoms. The number of rotatable bonds is 2. The van der Waals surface area contributed by atoms with Gasteiger partial charge in [0.15, 0.2) is 0 Å². The van der Waals surface area contributed by atoms with Gasteiger partial charge in [0.05, 0.1) is 6.33 Å². The van der Waals surface area contributed by atoms with E-state index < -0.39 is 0 Å². The largest absolute Gasteiger partial charge is 0.399 e. The van der Waals surface area contributed by atoms with Crippen LogP contribution in [-0.2, 0) is 7.05 Å². The number of aromatic nitrogens is 2. The normalized spacial score (nSPS) is 10.4. The highest BCUT2D eigenvalue weighted by Gasteiger charge is 2.12. The smallest absolute Gasteiger partial charge is 0.275 e. The van der Waals surface area contributed by atoms with E-state index in [0.29, 0.717) is 11.4 Å². The van der Waals surface area contributed by atoms with Gasteiger partial charge in [0.2, 0.25) is 0 Å². The zero-order chi connectivity index (χ0) is 13.3. The van der Waals surface area contributed by atoms with Gasteiger partial charge in [-0.05, 0) is 37.1 Å². The van der Waals surface area contributed by atoms with Crippen molar-refractivity contribution < 1.29 is 4.79 Å². The fourth-order valence-corrected chi connectivity index (χ4v) is 1.90. The van der Waals surface area contributed by atoms with Crippen molar-refractivity contribution in [3.8, 4) is 0 Å². The van der Waals surface area contributed by atoms with E-state index in [-0.39, 0.29) is 5.91 Å². The summed E-state index contributed by atoms with van der Waals surface area (Å²) in [6.45, 7) is 3.83. The van der Waals surface area contributed by atoms with Crippen LogP contribution < -0.4 is 11.1 Å². The Kier molecular flexibility index (Phi) is 3.06. The second-order valence-electron chi connectivity index (χ2n) is 4.41. The van der Waals surface area contributed by atoms with E-state index in [0.717, 1.165) is 16.8 Å². The van der Waals surface area contributed by atoms with Gasteiger partial charge in [-0.1, -0.05) is 0 Å². The summed E-state index contributed by atoms with van der Waals surface area (Å²) < 4.78 is 1.73. The van der Waals surface area contributed by atoms with Crippen molar-refractivity contribution in [2.24, 2.45) is 7.05 Å². The number of aryl methyl sites for hydroxylation is 3. The predicted molar refractivity (Wildman–Crippen MR) is 71.5 cm³/mol. The van der Waals surface area contributed by atoms with E-state index in [1.165, 1.54) is 0 Å². The molecule has 1 heterocycles. The Balaban J connectivity index is 2.27. The van der Waals surface area contributed by atoms with E-state index in [1.54, 1.807) is 17.1 Å². The van der Waals surface area contributed by atoms with Crippen molar-refractivity contribution in [3.05, 3.63) is 41.5 Å². The topological polar surface area (TPSA) is 72.9 Å². The molecule has 0 saturated carbocycles. The molecule has 94 valence electrons. The number of nitrogens with zero attached hydrogens (tertiary/aromatic N) is 2. The number of imidazole rings is 1. The Morgan fingerprint density at radius 3 is 2.44 bits per heavy atom. The average molecular weight is 244 g/mol. The van der Waals surface area contributed by atoms with E-state index in [9.17, 15) is 4.79 Å². The number of nitrogens with two attached hydrogens (primary N) is 1. The van der Waals surface area contributed by atoms with E-state index in [1.807, 2.05) is 33.0 Å². The van der Waals surface area contributed by atoms with Crippen molar-refractivity contribution in [1.29, 1.82) is 0 Å². The van der Waals surface area contributed by atoms with Gasteiger partial charge in [-0.2, -0.15) is 0 Å². The van der Waals surface area contributed by atoms with Crippen LogP contribution in [0.3, 0.4) is 0 Å². The summed E-state index contributed by atoms with van der Waals surface area (Å²) in [6.07, 6.45) is 3.27. The third kappa shape index (κ3) is 2.34. The zero-order valence-corrected chi connectivity index (χ0v) is 10.7. The number of nitrogens with one attached hydrogen (secondary N) is 1. The van der Waals surface area contributed by atoms with Gasteiger partial charge in [0.25, 0.3) is 5.91 Å². The standard InChI is InChI=1S/C13H16N4O/c1-8-4-10(14)5-9(2)12(8)16-13(18)11-6-17(3)7-15-11/h4-7H,14H2,1-3H3,(H,16,18). The lowest BCUT2D eigenvalue weighted by molar-refractivity contribution is 0.102. The lowest BCUT2D eigenvalue weighted by atomic mass is 10.1. The summed E-state index contributed by atoms with van der Waals surface area (Å²) in [6, 6.07) is 3.67. The maximum Gasteiger partial charge on any atom is 0.275 e. The summed E-state index contributed by atoms with van der Waals surface area (Å²) in [7, 11) is 1.82. The Morgan fingerprint density at radius 1 is 1.33 bits per heavy atom. The summed E-state index contributed by atoms with van der Waals surface area (Å²) in [5.74, 6) is -0.216. The van der Waals surface area contributed by atoms with Crippen molar-refractivity contribution in [2.45, 2.75) is 13.8 Å². The molecule has 0 aliphatic rings. The highest BCUT2D eigenvalue weighted by molar-refractivity contribution is 6.03. The predicted octanol–water partition coefficient (Wildman–Crippen LogP) is 1.87. The van der Waals surface area contributed by atoms with Crippen LogP contribution in [0.15, 0.2) is 24.7 Å². The summed E-state index contributed by atoms with van der Waals surface area (Å²) in [4.78, 5) is 16.0. The van der Waals surface area contributed by atoms with Crippen LogP contribution in [0.4, 0.5) is 11.4 Å². The molecule has 1 aromatic carbocycles. The summed E-state index contributed by atoms with van der Waals surface area (Å²) in [5, 5.41) is 2.86. The third-order valence-corrected chi connectivity index (χ3v) is 2.73. The Hall–Kier alpha value is -2.30. The molecule has 5 nitrogen and oxygen atoms in total. The first kappa shape index (κ1) is 12.2. The second kappa shape index (κ2) is 4.52. The zero-order valence-electron chi connectivity index (χ0n) is 10.7. The van der Waals surface area contributed by atoms with Crippen molar-refractivity contribution in [2.75, 3.05) is 11.1 Å². The van der Waals surface area contributed by atoms with Gasteiger partial charge in [-0.15, -0.1) is 0 Å². The van der Waals surface area contributed by atoms with Crippen molar-refractivity contribution >= 4 is 17.3 Å². The SMILES string of the molecule is Cc1cc(N)cc(C)c1NC(=O)c1cn(C)cn1. The number of hydrogen-bond donors (Lipinski definition) is 2. The lowest BCUT2D eigenvalue weighted by Gasteiger charge is -2.11.